The van der Waals surface area contributed by atoms with E-state index in [2.05, 4.69) is 5.01 Å². The molecule has 0 spiro atoms. The highest BCUT2D eigenvalue weighted by atomic mass is 16.2. The van der Waals surface area contributed by atoms with E-state index in [-0.39, 0.29) is 5.91 Å². The number of hydrogen-bond donors (Lipinski definition) is 0. The van der Waals surface area contributed by atoms with Crippen molar-refractivity contribution in [1.29, 1.82) is 0 Å². The first kappa shape index (κ1) is 8.53. The van der Waals surface area contributed by atoms with Crippen LogP contribution in [0, 0.1) is 0 Å². The molecule has 0 aromatic rings. The Kier molecular flexibility index (Phi) is 2.88. The van der Waals surface area contributed by atoms with Crippen molar-refractivity contribution in [1.82, 2.24) is 10.0 Å². The first-order valence-electron chi connectivity index (χ1n) is 4.21. The second kappa shape index (κ2) is 3.72. The van der Waals surface area contributed by atoms with Crippen LogP contribution in [0.1, 0.15) is 26.2 Å². The third-order valence-corrected chi connectivity index (χ3v) is 2.21. The molecule has 1 fully saturated rings. The summed E-state index contributed by atoms with van der Waals surface area (Å²) in [4.78, 5) is 10.9. The zero-order valence-electron chi connectivity index (χ0n) is 7.34. The number of amides is 1. The van der Waals surface area contributed by atoms with E-state index in [4.69, 9.17) is 0 Å². The summed E-state index contributed by atoms with van der Waals surface area (Å²) in [5, 5.41) is 3.84. The van der Waals surface area contributed by atoms with Crippen LogP contribution in [0.2, 0.25) is 0 Å². The minimum Gasteiger partial charge on any atom is -0.279 e. The Labute approximate surface area is 67.9 Å². The summed E-state index contributed by atoms with van der Waals surface area (Å²) in [6.07, 6.45) is 3.75. The molecule has 1 saturated heterocycles. The molecule has 3 heteroatoms. The lowest BCUT2D eigenvalue weighted by atomic mass is 10.2. The molecule has 0 saturated carbocycles. The molecular weight excluding hydrogens is 140 g/mol. The SMILES string of the molecule is CC(=O)N(C)N1CCCCC1. The molecule has 1 aliphatic rings. The summed E-state index contributed by atoms with van der Waals surface area (Å²) in [5.41, 5.74) is 0. The van der Waals surface area contributed by atoms with Crippen molar-refractivity contribution in [2.24, 2.45) is 0 Å². The van der Waals surface area contributed by atoms with Crippen molar-refractivity contribution in [3.05, 3.63) is 0 Å². The van der Waals surface area contributed by atoms with Crippen molar-refractivity contribution >= 4 is 5.91 Å². The second-order valence-electron chi connectivity index (χ2n) is 3.06. The van der Waals surface area contributed by atoms with Crippen LogP contribution in [-0.4, -0.2) is 36.1 Å². The lowest BCUT2D eigenvalue weighted by Crippen LogP contribution is -2.45. The maximum atomic E-state index is 10.9. The van der Waals surface area contributed by atoms with Crippen molar-refractivity contribution in [2.45, 2.75) is 26.2 Å². The van der Waals surface area contributed by atoms with Gasteiger partial charge in [0.2, 0.25) is 5.91 Å². The van der Waals surface area contributed by atoms with Gasteiger partial charge in [-0.3, -0.25) is 9.80 Å². The van der Waals surface area contributed by atoms with Crippen LogP contribution in [0.25, 0.3) is 0 Å². The lowest BCUT2D eigenvalue weighted by Gasteiger charge is -2.33. The van der Waals surface area contributed by atoms with Crippen molar-refractivity contribution in [3.8, 4) is 0 Å². The monoisotopic (exact) mass is 156 g/mol. The van der Waals surface area contributed by atoms with Gasteiger partial charge in [-0.1, -0.05) is 6.42 Å². The molecule has 1 aliphatic heterocycles. The van der Waals surface area contributed by atoms with Crippen LogP contribution in [0.5, 0.6) is 0 Å². The molecule has 0 N–H and O–H groups in total. The van der Waals surface area contributed by atoms with E-state index >= 15 is 0 Å². The Bertz CT molecular complexity index is 141. The van der Waals surface area contributed by atoms with Crippen molar-refractivity contribution < 1.29 is 4.79 Å². The Balaban J connectivity index is 2.38. The summed E-state index contributed by atoms with van der Waals surface area (Å²) in [6.45, 7) is 3.68. The Morgan fingerprint density at radius 1 is 1.27 bits per heavy atom. The van der Waals surface area contributed by atoms with Gasteiger partial charge in [-0.05, 0) is 12.8 Å². The molecule has 0 aliphatic carbocycles. The van der Waals surface area contributed by atoms with Crippen LogP contribution in [0.3, 0.4) is 0 Å². The Morgan fingerprint density at radius 2 is 1.82 bits per heavy atom. The molecule has 11 heavy (non-hydrogen) atoms. The Hall–Kier alpha value is -0.570. The maximum absolute atomic E-state index is 10.9. The highest BCUT2D eigenvalue weighted by molar-refractivity contribution is 5.72. The highest BCUT2D eigenvalue weighted by Crippen LogP contribution is 2.09. The highest BCUT2D eigenvalue weighted by Gasteiger charge is 2.15. The predicted molar refractivity (Wildman–Crippen MR) is 43.9 cm³/mol. The molecule has 3 nitrogen and oxygen atoms in total. The van der Waals surface area contributed by atoms with Crippen LogP contribution < -0.4 is 0 Å². The molecular formula is C8H16N2O. The quantitative estimate of drug-likeness (QED) is 0.562. The first-order valence-corrected chi connectivity index (χ1v) is 4.21. The topological polar surface area (TPSA) is 23.6 Å². The van der Waals surface area contributed by atoms with Gasteiger partial charge >= 0.3 is 0 Å². The summed E-state index contributed by atoms with van der Waals surface area (Å²) in [5.74, 6) is 0.131. The van der Waals surface area contributed by atoms with Gasteiger partial charge < -0.3 is 0 Å². The van der Waals surface area contributed by atoms with Gasteiger partial charge in [0, 0.05) is 27.1 Å². The minimum atomic E-state index is 0.131. The molecule has 0 unspecified atom stereocenters. The zero-order chi connectivity index (χ0) is 8.27. The van der Waals surface area contributed by atoms with Gasteiger partial charge in [0.1, 0.15) is 0 Å². The first-order chi connectivity index (χ1) is 5.22. The number of hydrazine groups is 1. The van der Waals surface area contributed by atoms with E-state index in [1.54, 1.807) is 11.9 Å². The number of carbonyl (C=O) groups excluding carboxylic acids is 1. The second-order valence-corrected chi connectivity index (χ2v) is 3.06. The zero-order valence-corrected chi connectivity index (χ0v) is 7.34. The summed E-state index contributed by atoms with van der Waals surface area (Å²) < 4.78 is 0. The summed E-state index contributed by atoms with van der Waals surface area (Å²) in [7, 11) is 1.84. The van der Waals surface area contributed by atoms with E-state index < -0.39 is 0 Å². The molecule has 1 amide bonds. The van der Waals surface area contributed by atoms with Gasteiger partial charge in [-0.15, -0.1) is 0 Å². The summed E-state index contributed by atoms with van der Waals surface area (Å²) in [6, 6.07) is 0. The van der Waals surface area contributed by atoms with Gasteiger partial charge in [-0.25, -0.2) is 5.01 Å². The predicted octanol–water partition coefficient (Wildman–Crippen LogP) is 0.866. The average Bonchev–Trinajstić information content (AvgIpc) is 2.05. The third kappa shape index (κ3) is 2.19. The van der Waals surface area contributed by atoms with E-state index in [9.17, 15) is 4.79 Å². The number of rotatable bonds is 1. The van der Waals surface area contributed by atoms with Gasteiger partial charge in [0.15, 0.2) is 0 Å². The lowest BCUT2D eigenvalue weighted by molar-refractivity contribution is -0.144. The molecule has 0 aromatic heterocycles. The molecule has 0 radical (unpaired) electrons. The molecule has 0 atom stereocenters. The van der Waals surface area contributed by atoms with Crippen molar-refractivity contribution in [3.63, 3.8) is 0 Å². The van der Waals surface area contributed by atoms with Crippen LogP contribution >= 0.6 is 0 Å². The van der Waals surface area contributed by atoms with Crippen molar-refractivity contribution in [2.75, 3.05) is 20.1 Å². The van der Waals surface area contributed by atoms with Gasteiger partial charge in [0.25, 0.3) is 0 Å². The fraction of sp³-hybridized carbons (Fsp3) is 0.875. The maximum Gasteiger partial charge on any atom is 0.233 e. The standard InChI is InChI=1S/C8H16N2O/c1-8(11)9(2)10-6-4-3-5-7-10/h3-7H2,1-2H3. The molecule has 1 heterocycles. The normalized spacial score (nSPS) is 19.8. The molecule has 1 rings (SSSR count). The third-order valence-electron chi connectivity index (χ3n) is 2.21. The number of hydrogen-bond acceptors (Lipinski definition) is 2. The molecule has 0 aromatic carbocycles. The average molecular weight is 156 g/mol. The molecule has 64 valence electrons. The summed E-state index contributed by atoms with van der Waals surface area (Å²) >= 11 is 0. The van der Waals surface area contributed by atoms with E-state index in [0.29, 0.717) is 0 Å². The van der Waals surface area contributed by atoms with E-state index in [0.717, 1.165) is 13.1 Å². The van der Waals surface area contributed by atoms with E-state index in [1.165, 1.54) is 19.3 Å². The number of carbonyl (C=O) groups is 1. The van der Waals surface area contributed by atoms with Gasteiger partial charge in [-0.2, -0.15) is 0 Å². The Morgan fingerprint density at radius 3 is 2.27 bits per heavy atom. The molecule has 0 bridgehead atoms. The van der Waals surface area contributed by atoms with Crippen LogP contribution in [0.4, 0.5) is 0 Å². The van der Waals surface area contributed by atoms with E-state index in [1.807, 2.05) is 7.05 Å². The minimum absolute atomic E-state index is 0.131. The fourth-order valence-electron chi connectivity index (χ4n) is 1.38. The smallest absolute Gasteiger partial charge is 0.233 e. The largest absolute Gasteiger partial charge is 0.279 e. The van der Waals surface area contributed by atoms with Gasteiger partial charge in [0.05, 0.1) is 0 Å². The van der Waals surface area contributed by atoms with Crippen LogP contribution in [-0.2, 0) is 4.79 Å². The van der Waals surface area contributed by atoms with Crippen LogP contribution in [0.15, 0.2) is 0 Å². The number of nitrogens with zero attached hydrogens (tertiary/aromatic N) is 2. The number of piperidine rings is 1. The fourth-order valence-corrected chi connectivity index (χ4v) is 1.38.